The van der Waals surface area contributed by atoms with Crippen LogP contribution in [-0.2, 0) is 27.9 Å². The maximum Gasteiger partial charge on any atom is 0.472 e. The van der Waals surface area contributed by atoms with E-state index >= 15 is 0 Å². The van der Waals surface area contributed by atoms with Crippen molar-refractivity contribution in [3.05, 3.63) is 97.2 Å². The van der Waals surface area contributed by atoms with Crippen molar-refractivity contribution in [2.75, 3.05) is 19.8 Å². The molecule has 0 radical (unpaired) electrons. The Morgan fingerprint density at radius 1 is 0.500 bits per heavy atom. The molecule has 1 rings (SSSR count). The number of carbonyl (C=O) groups excluding carboxylic acids is 1. The Labute approximate surface area is 398 Å². The molecule has 0 bridgehead atoms. The number of aliphatic hydroxyl groups excluding tert-OH is 5. The number of hydrogen-bond donors (Lipinski definition) is 6. The minimum Gasteiger partial charge on any atom is -0.457 e. The van der Waals surface area contributed by atoms with Gasteiger partial charge in [0.1, 0.15) is 42.7 Å². The molecule has 6 atom stereocenters. The molecule has 0 aliphatic heterocycles. The summed E-state index contributed by atoms with van der Waals surface area (Å²) in [6.45, 7) is 4.03. The van der Waals surface area contributed by atoms with E-state index in [0.717, 1.165) is 103 Å². The van der Waals surface area contributed by atoms with Crippen molar-refractivity contribution in [2.24, 2.45) is 0 Å². The van der Waals surface area contributed by atoms with Crippen molar-refractivity contribution >= 4 is 13.8 Å². The van der Waals surface area contributed by atoms with Crippen molar-refractivity contribution < 1.29 is 58.3 Å². The molecule has 0 heterocycles. The number of phosphoric acid groups is 1. The van der Waals surface area contributed by atoms with Gasteiger partial charge < -0.3 is 39.9 Å². The van der Waals surface area contributed by atoms with E-state index in [4.69, 9.17) is 18.5 Å². The molecule has 0 spiro atoms. The maximum absolute atomic E-state index is 12.8. The third-order valence-corrected chi connectivity index (χ3v) is 11.9. The summed E-state index contributed by atoms with van der Waals surface area (Å²) in [6.07, 6.45) is 46.1. The van der Waals surface area contributed by atoms with Gasteiger partial charge in [0.2, 0.25) is 0 Å². The highest BCUT2D eigenvalue weighted by Crippen LogP contribution is 2.47. The molecule has 0 aromatic rings. The zero-order valence-electron chi connectivity index (χ0n) is 40.5. The molecule has 66 heavy (non-hydrogen) atoms. The lowest BCUT2D eigenvalue weighted by Crippen LogP contribution is -2.64. The smallest absolute Gasteiger partial charge is 0.457 e. The monoisotopic (exact) mass is 949 g/mol. The van der Waals surface area contributed by atoms with Crippen molar-refractivity contribution in [1.29, 1.82) is 0 Å². The number of aliphatic hydroxyl groups is 5. The van der Waals surface area contributed by atoms with E-state index in [1.165, 1.54) is 38.5 Å². The quantitative estimate of drug-likeness (QED) is 0.0147. The minimum atomic E-state index is -5.04. The Balaban J connectivity index is 2.41. The van der Waals surface area contributed by atoms with Crippen LogP contribution in [0.1, 0.15) is 168 Å². The Morgan fingerprint density at radius 3 is 1.36 bits per heavy atom. The Kier molecular flexibility index (Phi) is 39.3. The van der Waals surface area contributed by atoms with Crippen LogP contribution < -0.4 is 0 Å². The second-order valence-electron chi connectivity index (χ2n) is 16.9. The van der Waals surface area contributed by atoms with E-state index in [1.807, 2.05) is 0 Å². The summed E-state index contributed by atoms with van der Waals surface area (Å²) in [4.78, 5) is 23.2. The van der Waals surface area contributed by atoms with Gasteiger partial charge >= 0.3 is 13.8 Å². The SMILES string of the molecule is CC/C=C\C/C=C\C/C=C\C/C=C\C/C=C\C/C=C\CCCCCOCC(COP(=O)(O)OC1C(O)C(O)C(O)C(O)C1O)OC(=O)CCCCCCCCC/C=C\C/C=C\CCCCC. The highest BCUT2D eigenvalue weighted by atomic mass is 31.2. The van der Waals surface area contributed by atoms with Crippen LogP contribution >= 0.6 is 7.82 Å². The number of unbranched alkanes of at least 4 members (excludes halogenated alkanes) is 13. The summed E-state index contributed by atoms with van der Waals surface area (Å²) in [7, 11) is -5.04. The van der Waals surface area contributed by atoms with E-state index in [-0.39, 0.29) is 13.0 Å². The topological polar surface area (TPSA) is 192 Å². The van der Waals surface area contributed by atoms with Crippen LogP contribution in [-0.4, -0.2) is 98.9 Å². The highest BCUT2D eigenvalue weighted by molar-refractivity contribution is 7.47. The van der Waals surface area contributed by atoms with Crippen LogP contribution in [0.4, 0.5) is 0 Å². The molecule has 13 heteroatoms. The average Bonchev–Trinajstić information content (AvgIpc) is 3.30. The molecule has 6 unspecified atom stereocenters. The molecule has 378 valence electrons. The van der Waals surface area contributed by atoms with Crippen molar-refractivity contribution in [3.63, 3.8) is 0 Å². The van der Waals surface area contributed by atoms with Gasteiger partial charge in [-0.05, 0) is 96.3 Å². The summed E-state index contributed by atoms with van der Waals surface area (Å²) in [5.74, 6) is -0.502. The van der Waals surface area contributed by atoms with Gasteiger partial charge in [-0.15, -0.1) is 0 Å². The van der Waals surface area contributed by atoms with Crippen LogP contribution in [0.2, 0.25) is 0 Å². The van der Waals surface area contributed by atoms with Gasteiger partial charge in [0, 0.05) is 13.0 Å². The average molecular weight is 949 g/mol. The Bertz CT molecular complexity index is 1450. The second-order valence-corrected chi connectivity index (χ2v) is 18.3. The molecular formula is C53H89O12P. The third kappa shape index (κ3) is 33.7. The van der Waals surface area contributed by atoms with Gasteiger partial charge in [0.15, 0.2) is 0 Å². The van der Waals surface area contributed by atoms with Gasteiger partial charge in [-0.1, -0.05) is 162 Å². The predicted molar refractivity (Wildman–Crippen MR) is 267 cm³/mol. The zero-order chi connectivity index (χ0) is 48.4. The predicted octanol–water partition coefficient (Wildman–Crippen LogP) is 11.1. The zero-order valence-corrected chi connectivity index (χ0v) is 41.3. The first kappa shape index (κ1) is 61.3. The van der Waals surface area contributed by atoms with Gasteiger partial charge in [-0.3, -0.25) is 13.8 Å². The van der Waals surface area contributed by atoms with Gasteiger partial charge in [0.05, 0.1) is 13.2 Å². The van der Waals surface area contributed by atoms with Crippen LogP contribution in [0, 0.1) is 0 Å². The van der Waals surface area contributed by atoms with E-state index in [9.17, 15) is 39.8 Å². The largest absolute Gasteiger partial charge is 0.472 e. The van der Waals surface area contributed by atoms with Crippen molar-refractivity contribution in [1.82, 2.24) is 0 Å². The summed E-state index contributed by atoms with van der Waals surface area (Å²) in [5, 5.41) is 50.3. The molecule has 1 aliphatic carbocycles. The molecule has 0 aromatic carbocycles. The third-order valence-electron chi connectivity index (χ3n) is 10.9. The van der Waals surface area contributed by atoms with Gasteiger partial charge in [-0.2, -0.15) is 0 Å². The summed E-state index contributed by atoms with van der Waals surface area (Å²) in [6, 6.07) is 0. The fraction of sp³-hybridized carbons (Fsp3) is 0.679. The fourth-order valence-electron chi connectivity index (χ4n) is 6.98. The second kappa shape index (κ2) is 42.4. The van der Waals surface area contributed by atoms with Crippen LogP contribution in [0.25, 0.3) is 0 Å². The number of ether oxygens (including phenoxy) is 2. The maximum atomic E-state index is 12.8. The number of allylic oxidation sites excluding steroid dienone is 16. The summed E-state index contributed by atoms with van der Waals surface area (Å²) in [5.41, 5.74) is 0. The number of carbonyl (C=O) groups is 1. The molecular weight excluding hydrogens is 860 g/mol. The van der Waals surface area contributed by atoms with Crippen LogP contribution in [0.5, 0.6) is 0 Å². The van der Waals surface area contributed by atoms with Crippen LogP contribution in [0.3, 0.4) is 0 Å². The molecule has 0 amide bonds. The first-order valence-electron chi connectivity index (χ1n) is 25.1. The molecule has 1 aliphatic rings. The number of hydrogen-bond acceptors (Lipinski definition) is 11. The fourth-order valence-corrected chi connectivity index (χ4v) is 7.95. The van der Waals surface area contributed by atoms with E-state index in [2.05, 4.69) is 111 Å². The van der Waals surface area contributed by atoms with E-state index in [0.29, 0.717) is 13.0 Å². The molecule has 1 saturated carbocycles. The minimum absolute atomic E-state index is 0.109. The highest BCUT2D eigenvalue weighted by Gasteiger charge is 2.51. The Hall–Kier alpha value is -2.74. The molecule has 0 saturated heterocycles. The molecule has 1 fully saturated rings. The van der Waals surface area contributed by atoms with E-state index in [1.54, 1.807) is 0 Å². The number of phosphoric ester groups is 1. The summed E-state index contributed by atoms with van der Waals surface area (Å²) < 4.78 is 34.2. The van der Waals surface area contributed by atoms with Gasteiger partial charge in [-0.25, -0.2) is 4.57 Å². The molecule has 0 aromatic heterocycles. The first-order chi connectivity index (χ1) is 32.0. The first-order valence-corrected chi connectivity index (χ1v) is 26.6. The van der Waals surface area contributed by atoms with Gasteiger partial charge in [0.25, 0.3) is 0 Å². The number of rotatable bonds is 41. The van der Waals surface area contributed by atoms with Crippen LogP contribution in [0.15, 0.2) is 97.2 Å². The normalized spacial score (nSPS) is 22.2. The van der Waals surface area contributed by atoms with Crippen molar-refractivity contribution in [3.8, 4) is 0 Å². The lowest BCUT2D eigenvalue weighted by atomic mass is 9.85. The molecule has 12 nitrogen and oxygen atoms in total. The standard InChI is InChI=1S/C53H89O12P/c1-3-5-7-9-11-13-15-17-19-21-22-23-24-25-27-29-31-33-35-37-39-41-43-62-44-46(45-63-66(60,61)65-53-51(58)49(56)48(55)50(57)52(53)59)64-47(54)42-40-38-36-34-32-30-28-26-20-18-16-14-12-10-8-6-4-2/h5,7,11-14,17-20,22-23,25,27,31,33,46,48-53,55-59H,3-4,6,8-10,15-16,21,24,26,28-30,32,34-45H2,1-2H3,(H,60,61)/b7-5-,13-11-,14-12-,19-17-,20-18-,23-22-,27-25-,33-31-. The number of esters is 1. The molecule has 6 N–H and O–H groups in total. The lowest BCUT2D eigenvalue weighted by Gasteiger charge is -2.41. The summed E-state index contributed by atoms with van der Waals surface area (Å²) >= 11 is 0. The Morgan fingerprint density at radius 2 is 0.894 bits per heavy atom. The lowest BCUT2D eigenvalue weighted by molar-refractivity contribution is -0.220. The van der Waals surface area contributed by atoms with Crippen molar-refractivity contribution in [2.45, 2.75) is 211 Å². The van der Waals surface area contributed by atoms with E-state index < -0.39 is 63.1 Å².